The number of nitro benzene ring substituents is 1. The molecular weight excluding hydrogens is 186 g/mol. The summed E-state index contributed by atoms with van der Waals surface area (Å²) in [6.45, 7) is 1.28. The number of benzene rings is 1. The van der Waals surface area contributed by atoms with Crippen LogP contribution >= 0.6 is 0 Å². The van der Waals surface area contributed by atoms with Crippen molar-refractivity contribution in [3.05, 3.63) is 27.8 Å². The topological polar surface area (TPSA) is 112 Å². The van der Waals surface area contributed by atoms with Gasteiger partial charge in [-0.05, 0) is 19.1 Å². The Morgan fingerprint density at radius 3 is 2.43 bits per heavy atom. The molecule has 1 rings (SSSR count). The molecule has 0 saturated heterocycles. The quantitative estimate of drug-likeness (QED) is 0.316. The number of nitrogen functional groups attached to an aromatic ring is 2. The van der Waals surface area contributed by atoms with Crippen molar-refractivity contribution >= 4 is 22.8 Å². The van der Waals surface area contributed by atoms with Crippen molar-refractivity contribution in [1.82, 2.24) is 0 Å². The van der Waals surface area contributed by atoms with E-state index in [9.17, 15) is 14.9 Å². The highest BCUT2D eigenvalue weighted by molar-refractivity contribution is 6.02. The minimum absolute atomic E-state index is 0.0440. The van der Waals surface area contributed by atoms with Crippen molar-refractivity contribution in [1.29, 1.82) is 0 Å². The van der Waals surface area contributed by atoms with Gasteiger partial charge in [-0.3, -0.25) is 14.9 Å². The highest BCUT2D eigenvalue weighted by atomic mass is 16.6. The first-order valence-electron chi connectivity index (χ1n) is 3.78. The van der Waals surface area contributed by atoms with Crippen LogP contribution in [0.25, 0.3) is 0 Å². The lowest BCUT2D eigenvalue weighted by molar-refractivity contribution is -0.383. The van der Waals surface area contributed by atoms with E-state index in [0.717, 1.165) is 0 Å². The number of ketones is 1. The Morgan fingerprint density at radius 1 is 1.43 bits per heavy atom. The molecule has 0 aliphatic heterocycles. The Morgan fingerprint density at radius 2 is 2.00 bits per heavy atom. The predicted octanol–water partition coefficient (Wildman–Crippen LogP) is 0.962. The molecule has 0 aliphatic rings. The fraction of sp³-hybridized carbons (Fsp3) is 0.125. The number of hydrogen-bond donors (Lipinski definition) is 2. The minimum atomic E-state index is -0.697. The van der Waals surface area contributed by atoms with Gasteiger partial charge in [0.25, 0.3) is 0 Å². The predicted molar refractivity (Wildman–Crippen MR) is 51.9 cm³/mol. The maximum absolute atomic E-state index is 11.0. The van der Waals surface area contributed by atoms with Crippen LogP contribution in [0.5, 0.6) is 0 Å². The second-order valence-corrected chi connectivity index (χ2v) is 2.78. The van der Waals surface area contributed by atoms with Crippen molar-refractivity contribution in [2.75, 3.05) is 11.5 Å². The van der Waals surface area contributed by atoms with Gasteiger partial charge in [0, 0.05) is 5.56 Å². The van der Waals surface area contributed by atoms with Crippen LogP contribution in [0, 0.1) is 10.1 Å². The van der Waals surface area contributed by atoms with Gasteiger partial charge in [0.2, 0.25) is 0 Å². The van der Waals surface area contributed by atoms with E-state index in [1.165, 1.54) is 19.1 Å². The van der Waals surface area contributed by atoms with Gasteiger partial charge >= 0.3 is 5.69 Å². The lowest BCUT2D eigenvalue weighted by atomic mass is 10.1. The van der Waals surface area contributed by atoms with E-state index in [1.54, 1.807) is 0 Å². The standard InChI is InChI=1S/C8H9N3O3/c1-4(12)5-2-3-6(9)8(7(5)10)11(13)14/h2-3H,9-10H2,1H3. The van der Waals surface area contributed by atoms with Crippen LogP contribution < -0.4 is 11.5 Å². The summed E-state index contributed by atoms with van der Waals surface area (Å²) in [5.74, 6) is -0.328. The molecule has 0 amide bonds. The number of rotatable bonds is 2. The Kier molecular flexibility index (Phi) is 2.37. The Balaban J connectivity index is 3.49. The van der Waals surface area contributed by atoms with Crippen LogP contribution in [0.4, 0.5) is 17.1 Å². The van der Waals surface area contributed by atoms with E-state index < -0.39 is 10.6 Å². The summed E-state index contributed by atoms with van der Waals surface area (Å²) in [4.78, 5) is 20.9. The number of hydrogen-bond acceptors (Lipinski definition) is 5. The summed E-state index contributed by atoms with van der Waals surface area (Å²) >= 11 is 0. The average Bonchev–Trinajstić information content (AvgIpc) is 2.02. The SMILES string of the molecule is CC(=O)c1ccc(N)c([N+](=O)[O-])c1N. The molecule has 1 aromatic carbocycles. The van der Waals surface area contributed by atoms with E-state index >= 15 is 0 Å². The molecule has 0 bridgehead atoms. The molecule has 0 aromatic heterocycles. The molecule has 0 radical (unpaired) electrons. The summed E-state index contributed by atoms with van der Waals surface area (Å²) in [5.41, 5.74) is 10.3. The van der Waals surface area contributed by atoms with Crippen molar-refractivity contribution < 1.29 is 9.72 Å². The molecular formula is C8H9N3O3. The molecule has 74 valence electrons. The molecule has 14 heavy (non-hydrogen) atoms. The minimum Gasteiger partial charge on any atom is -0.393 e. The van der Waals surface area contributed by atoms with E-state index in [-0.39, 0.29) is 22.7 Å². The van der Waals surface area contributed by atoms with Gasteiger partial charge in [-0.2, -0.15) is 0 Å². The fourth-order valence-corrected chi connectivity index (χ4v) is 1.14. The second-order valence-electron chi connectivity index (χ2n) is 2.78. The van der Waals surface area contributed by atoms with Crippen LogP contribution in [0.3, 0.4) is 0 Å². The maximum atomic E-state index is 11.0. The van der Waals surface area contributed by atoms with E-state index in [0.29, 0.717) is 0 Å². The first-order valence-corrected chi connectivity index (χ1v) is 3.78. The number of carbonyl (C=O) groups excluding carboxylic acids is 1. The summed E-state index contributed by atoms with van der Waals surface area (Å²) in [5, 5.41) is 10.6. The Hall–Kier alpha value is -2.11. The maximum Gasteiger partial charge on any atom is 0.315 e. The Labute approximate surface area is 79.7 Å². The van der Waals surface area contributed by atoms with Gasteiger partial charge in [0.15, 0.2) is 5.78 Å². The third-order valence-electron chi connectivity index (χ3n) is 1.81. The third kappa shape index (κ3) is 1.49. The Bertz CT molecular complexity index is 415. The van der Waals surface area contributed by atoms with Gasteiger partial charge in [-0.1, -0.05) is 0 Å². The first kappa shape index (κ1) is 9.97. The van der Waals surface area contributed by atoms with Crippen molar-refractivity contribution in [2.45, 2.75) is 6.92 Å². The molecule has 0 heterocycles. The first-order chi connectivity index (χ1) is 6.45. The van der Waals surface area contributed by atoms with Gasteiger partial charge < -0.3 is 11.5 Å². The van der Waals surface area contributed by atoms with E-state index in [4.69, 9.17) is 11.5 Å². The van der Waals surface area contributed by atoms with Gasteiger partial charge in [0.1, 0.15) is 11.4 Å². The van der Waals surface area contributed by atoms with E-state index in [2.05, 4.69) is 0 Å². The molecule has 0 aliphatic carbocycles. The molecule has 0 fully saturated rings. The summed E-state index contributed by atoms with van der Waals surface area (Å²) in [7, 11) is 0. The average molecular weight is 195 g/mol. The summed E-state index contributed by atoms with van der Waals surface area (Å²) < 4.78 is 0. The second kappa shape index (κ2) is 3.33. The smallest absolute Gasteiger partial charge is 0.315 e. The van der Waals surface area contributed by atoms with Crippen LogP contribution in [-0.2, 0) is 0 Å². The number of anilines is 2. The van der Waals surface area contributed by atoms with Crippen LogP contribution in [0.15, 0.2) is 12.1 Å². The van der Waals surface area contributed by atoms with Crippen molar-refractivity contribution in [3.8, 4) is 0 Å². The normalized spacial score (nSPS) is 9.79. The third-order valence-corrected chi connectivity index (χ3v) is 1.81. The van der Waals surface area contributed by atoms with Crippen LogP contribution in [0.2, 0.25) is 0 Å². The molecule has 0 saturated carbocycles. The molecule has 4 N–H and O–H groups in total. The lowest BCUT2D eigenvalue weighted by Crippen LogP contribution is -2.06. The van der Waals surface area contributed by atoms with Gasteiger partial charge in [-0.25, -0.2) is 0 Å². The molecule has 6 nitrogen and oxygen atoms in total. The molecule has 0 unspecified atom stereocenters. The summed E-state index contributed by atoms with van der Waals surface area (Å²) in [6.07, 6.45) is 0. The number of nitrogens with zero attached hydrogens (tertiary/aromatic N) is 1. The zero-order chi connectivity index (χ0) is 10.9. The van der Waals surface area contributed by atoms with Crippen molar-refractivity contribution in [3.63, 3.8) is 0 Å². The number of Topliss-reactive ketones (excluding diaryl/α,β-unsaturated/α-hetero) is 1. The van der Waals surface area contributed by atoms with Gasteiger partial charge in [0.05, 0.1) is 4.92 Å². The van der Waals surface area contributed by atoms with Crippen molar-refractivity contribution in [2.24, 2.45) is 0 Å². The van der Waals surface area contributed by atoms with Gasteiger partial charge in [-0.15, -0.1) is 0 Å². The number of nitrogens with two attached hydrogens (primary N) is 2. The van der Waals surface area contributed by atoms with E-state index in [1.807, 2.05) is 0 Å². The number of carbonyl (C=O) groups is 1. The highest BCUT2D eigenvalue weighted by Gasteiger charge is 2.20. The lowest BCUT2D eigenvalue weighted by Gasteiger charge is -2.04. The molecule has 0 spiro atoms. The molecule has 6 heteroatoms. The molecule has 1 aromatic rings. The zero-order valence-corrected chi connectivity index (χ0v) is 7.48. The highest BCUT2D eigenvalue weighted by Crippen LogP contribution is 2.31. The largest absolute Gasteiger partial charge is 0.393 e. The van der Waals surface area contributed by atoms with Crippen LogP contribution in [-0.4, -0.2) is 10.7 Å². The van der Waals surface area contributed by atoms with Crippen LogP contribution in [0.1, 0.15) is 17.3 Å². The molecule has 0 atom stereocenters. The number of nitro groups is 1. The zero-order valence-electron chi connectivity index (χ0n) is 7.48. The monoisotopic (exact) mass is 195 g/mol. The summed E-state index contributed by atoms with van der Waals surface area (Å²) in [6, 6.07) is 2.67. The fourth-order valence-electron chi connectivity index (χ4n) is 1.14.